The predicted octanol–water partition coefficient (Wildman–Crippen LogP) is 4.69. The lowest BCUT2D eigenvalue weighted by atomic mass is 9.86. The van der Waals surface area contributed by atoms with Crippen LogP contribution in [0.5, 0.6) is 0 Å². The number of aromatic nitrogens is 2. The Morgan fingerprint density at radius 2 is 2.08 bits per heavy atom. The average molecular weight is 527 g/mol. The number of amides is 2. The standard InChI is InChI=1S/C26H27ClN4O4S/c1-13-28-22(18-5-7-36-24(18)29-13)20-10-19(20)17-3-2-14(8-21(17)27)23(33)30-15-9-16-4-6-26(11-15,12-32)31(16)25(34)35/h2-3,5,7-8,15-16,19-20,32H,4,6,9-12H2,1H3,(H,30,33)(H,34,35). The number of carboxylic acid groups (broad SMARTS) is 1. The van der Waals surface area contributed by atoms with Gasteiger partial charge in [-0.2, -0.15) is 0 Å². The lowest BCUT2D eigenvalue weighted by Crippen LogP contribution is -2.60. The van der Waals surface area contributed by atoms with Gasteiger partial charge >= 0.3 is 6.09 Å². The van der Waals surface area contributed by atoms with Crippen LogP contribution in [0.15, 0.2) is 29.6 Å². The molecule has 0 spiro atoms. The number of hydrogen-bond donors (Lipinski definition) is 3. The molecule has 5 atom stereocenters. The van der Waals surface area contributed by atoms with Gasteiger partial charge < -0.3 is 15.5 Å². The number of halogens is 1. The molecule has 4 heterocycles. The van der Waals surface area contributed by atoms with Gasteiger partial charge in [0.1, 0.15) is 10.7 Å². The Bertz CT molecular complexity index is 1380. The smallest absolute Gasteiger partial charge is 0.408 e. The summed E-state index contributed by atoms with van der Waals surface area (Å²) in [5.41, 5.74) is 1.75. The largest absolute Gasteiger partial charge is 0.465 e. The molecule has 2 bridgehead atoms. The van der Waals surface area contributed by atoms with Crippen molar-refractivity contribution in [1.29, 1.82) is 0 Å². The Morgan fingerprint density at radius 3 is 2.83 bits per heavy atom. The fraction of sp³-hybridized carbons (Fsp3) is 0.462. The van der Waals surface area contributed by atoms with Crippen LogP contribution in [0.3, 0.4) is 0 Å². The third-order valence-corrected chi connectivity index (χ3v) is 9.24. The quantitative estimate of drug-likeness (QED) is 0.444. The number of aryl methyl sites for hydroxylation is 1. The molecular weight excluding hydrogens is 500 g/mol. The number of carbonyl (C=O) groups is 2. The first kappa shape index (κ1) is 23.6. The van der Waals surface area contributed by atoms with Gasteiger partial charge in [0.15, 0.2) is 0 Å². The number of aliphatic hydroxyl groups is 1. The summed E-state index contributed by atoms with van der Waals surface area (Å²) in [6, 6.07) is 7.15. The number of rotatable bonds is 5. The summed E-state index contributed by atoms with van der Waals surface area (Å²) in [5.74, 6) is 1.08. The van der Waals surface area contributed by atoms with Crippen LogP contribution in [-0.2, 0) is 0 Å². The summed E-state index contributed by atoms with van der Waals surface area (Å²) >= 11 is 8.29. The molecule has 3 N–H and O–H groups in total. The Labute approximate surface area is 217 Å². The summed E-state index contributed by atoms with van der Waals surface area (Å²) in [7, 11) is 0. The first-order valence-corrected chi connectivity index (χ1v) is 13.5. The van der Waals surface area contributed by atoms with Gasteiger partial charge in [-0.25, -0.2) is 14.8 Å². The minimum absolute atomic E-state index is 0.188. The number of thiophene rings is 1. The maximum Gasteiger partial charge on any atom is 0.408 e. The summed E-state index contributed by atoms with van der Waals surface area (Å²) in [4.78, 5) is 36.5. The third kappa shape index (κ3) is 3.84. The molecule has 1 aromatic carbocycles. The van der Waals surface area contributed by atoms with Gasteiger partial charge in [-0.05, 0) is 74.1 Å². The Balaban J connectivity index is 1.16. The Morgan fingerprint density at radius 1 is 1.25 bits per heavy atom. The maximum atomic E-state index is 13.1. The fourth-order valence-corrected chi connectivity index (χ4v) is 7.54. The summed E-state index contributed by atoms with van der Waals surface area (Å²) in [6.07, 6.45) is 2.22. The number of nitrogens with one attached hydrogen (secondary N) is 1. The molecule has 6 rings (SSSR count). The molecule has 3 aromatic rings. The number of benzene rings is 1. The molecule has 2 aliphatic heterocycles. The highest BCUT2D eigenvalue weighted by Gasteiger charge is 2.54. The normalized spacial score (nSPS) is 28.9. The molecule has 10 heteroatoms. The molecule has 2 aromatic heterocycles. The molecule has 8 nitrogen and oxygen atoms in total. The van der Waals surface area contributed by atoms with Crippen LogP contribution in [0, 0.1) is 6.92 Å². The van der Waals surface area contributed by atoms with Crippen LogP contribution >= 0.6 is 22.9 Å². The third-order valence-electron chi connectivity index (χ3n) is 8.11. The number of piperidine rings is 1. The van der Waals surface area contributed by atoms with E-state index < -0.39 is 11.6 Å². The van der Waals surface area contributed by atoms with E-state index in [1.54, 1.807) is 23.5 Å². The Hall–Kier alpha value is -2.75. The van der Waals surface area contributed by atoms with E-state index in [4.69, 9.17) is 16.6 Å². The number of fused-ring (bicyclic) bond motifs is 3. The van der Waals surface area contributed by atoms with Crippen molar-refractivity contribution in [2.24, 2.45) is 0 Å². The van der Waals surface area contributed by atoms with Crippen LogP contribution in [0.4, 0.5) is 4.79 Å². The van der Waals surface area contributed by atoms with Gasteiger partial charge in [0.05, 0.1) is 17.8 Å². The molecular formula is C26H27ClN4O4S. The van der Waals surface area contributed by atoms with E-state index in [0.29, 0.717) is 36.3 Å². The minimum Gasteiger partial charge on any atom is -0.465 e. The van der Waals surface area contributed by atoms with Crippen LogP contribution < -0.4 is 5.32 Å². The first-order valence-electron chi connectivity index (χ1n) is 12.2. The summed E-state index contributed by atoms with van der Waals surface area (Å²) in [6.45, 7) is 1.68. The molecule has 5 unspecified atom stereocenters. The van der Waals surface area contributed by atoms with Gasteiger partial charge in [0, 0.05) is 34.0 Å². The van der Waals surface area contributed by atoms with Gasteiger partial charge in [0.2, 0.25) is 0 Å². The highest BCUT2D eigenvalue weighted by molar-refractivity contribution is 7.16. The number of aliphatic hydroxyl groups excluding tert-OH is 1. The Kier molecular flexibility index (Phi) is 5.70. The molecule has 36 heavy (non-hydrogen) atoms. The van der Waals surface area contributed by atoms with Crippen molar-refractivity contribution >= 4 is 45.2 Å². The zero-order chi connectivity index (χ0) is 25.2. The second kappa shape index (κ2) is 8.68. The van der Waals surface area contributed by atoms with Crippen molar-refractivity contribution in [3.8, 4) is 0 Å². The first-order chi connectivity index (χ1) is 17.3. The van der Waals surface area contributed by atoms with E-state index in [2.05, 4.69) is 16.4 Å². The van der Waals surface area contributed by atoms with Crippen LogP contribution in [0.1, 0.15) is 71.4 Å². The number of nitrogens with zero attached hydrogens (tertiary/aromatic N) is 3. The zero-order valence-corrected chi connectivity index (χ0v) is 21.3. The van der Waals surface area contributed by atoms with Crippen molar-refractivity contribution in [3.05, 3.63) is 57.3 Å². The van der Waals surface area contributed by atoms with Crippen molar-refractivity contribution < 1.29 is 19.8 Å². The second-order valence-electron chi connectivity index (χ2n) is 10.3. The van der Waals surface area contributed by atoms with Crippen molar-refractivity contribution in [3.63, 3.8) is 0 Å². The van der Waals surface area contributed by atoms with Gasteiger partial charge in [0.25, 0.3) is 5.91 Å². The lowest BCUT2D eigenvalue weighted by molar-refractivity contribution is 0.00586. The monoisotopic (exact) mass is 526 g/mol. The van der Waals surface area contributed by atoms with E-state index in [9.17, 15) is 19.8 Å². The molecule has 3 fully saturated rings. The van der Waals surface area contributed by atoms with E-state index >= 15 is 0 Å². The van der Waals surface area contributed by atoms with Crippen LogP contribution in [0.25, 0.3) is 10.2 Å². The molecule has 1 saturated carbocycles. The van der Waals surface area contributed by atoms with Crippen LogP contribution in [-0.4, -0.2) is 61.3 Å². The highest BCUT2D eigenvalue weighted by atomic mass is 35.5. The minimum atomic E-state index is -1.01. The van der Waals surface area contributed by atoms with E-state index in [1.807, 2.05) is 18.4 Å². The van der Waals surface area contributed by atoms with Gasteiger partial charge in [-0.1, -0.05) is 17.7 Å². The van der Waals surface area contributed by atoms with E-state index in [1.165, 1.54) is 4.90 Å². The number of hydrogen-bond acceptors (Lipinski definition) is 6. The molecule has 1 aliphatic carbocycles. The van der Waals surface area contributed by atoms with Crippen molar-refractivity contribution in [1.82, 2.24) is 20.2 Å². The maximum absolute atomic E-state index is 13.1. The molecule has 0 radical (unpaired) electrons. The fourth-order valence-electron chi connectivity index (χ4n) is 6.41. The SMILES string of the molecule is Cc1nc(C2CC2c2ccc(C(=O)NC3CC4CCC(CO)(C3)N4C(=O)O)cc2Cl)c2ccsc2n1. The second-order valence-corrected chi connectivity index (χ2v) is 11.6. The summed E-state index contributed by atoms with van der Waals surface area (Å²) in [5, 5.41) is 26.4. The molecule has 188 valence electrons. The van der Waals surface area contributed by atoms with Crippen molar-refractivity contribution in [2.45, 2.75) is 68.5 Å². The van der Waals surface area contributed by atoms with Crippen LogP contribution in [0.2, 0.25) is 5.02 Å². The lowest BCUT2D eigenvalue weighted by Gasteiger charge is -2.45. The molecule has 3 aliphatic rings. The number of carbonyl (C=O) groups excluding carboxylic acids is 1. The van der Waals surface area contributed by atoms with Gasteiger partial charge in [-0.15, -0.1) is 11.3 Å². The van der Waals surface area contributed by atoms with Crippen molar-refractivity contribution in [2.75, 3.05) is 6.61 Å². The predicted molar refractivity (Wildman–Crippen MR) is 137 cm³/mol. The average Bonchev–Trinajstić information content (AvgIpc) is 3.40. The summed E-state index contributed by atoms with van der Waals surface area (Å²) < 4.78 is 0. The highest BCUT2D eigenvalue weighted by Crippen LogP contribution is 2.57. The van der Waals surface area contributed by atoms with E-state index in [-0.39, 0.29) is 36.4 Å². The molecule has 2 saturated heterocycles. The van der Waals surface area contributed by atoms with Gasteiger partial charge in [-0.3, -0.25) is 9.69 Å². The topological polar surface area (TPSA) is 116 Å². The zero-order valence-electron chi connectivity index (χ0n) is 19.8. The molecule has 2 amide bonds. The van der Waals surface area contributed by atoms with E-state index in [0.717, 1.165) is 33.7 Å².